The summed E-state index contributed by atoms with van der Waals surface area (Å²) in [7, 11) is 0. The number of halogens is 2. The minimum Gasteiger partial charge on any atom is -0.382 e. The number of aromatic nitrogens is 2. The summed E-state index contributed by atoms with van der Waals surface area (Å²) in [6.07, 6.45) is 0.852. The minimum atomic E-state index is 0.503. The molecule has 0 spiro atoms. The number of nitrogens with two attached hydrogens (primary N) is 1. The number of hydrogen-bond acceptors (Lipinski definition) is 2. The topological polar surface area (TPSA) is 43.8 Å². The number of aryl methyl sites for hydroxylation is 1. The van der Waals surface area contributed by atoms with Crippen molar-refractivity contribution in [1.82, 2.24) is 9.78 Å². The highest BCUT2D eigenvalue weighted by Crippen LogP contribution is 2.25. The van der Waals surface area contributed by atoms with E-state index < -0.39 is 0 Å². The Balaban J connectivity index is 2.53. The van der Waals surface area contributed by atoms with Gasteiger partial charge in [0.25, 0.3) is 0 Å². The second-order valence-electron chi connectivity index (χ2n) is 3.42. The summed E-state index contributed by atoms with van der Waals surface area (Å²) in [5.41, 5.74) is 7.57. The Hall–Kier alpha value is -1.19. The van der Waals surface area contributed by atoms with Crippen LogP contribution in [0.2, 0.25) is 10.0 Å². The largest absolute Gasteiger partial charge is 0.382 e. The zero-order chi connectivity index (χ0) is 11.7. The monoisotopic (exact) mass is 255 g/mol. The summed E-state index contributed by atoms with van der Waals surface area (Å²) in [6, 6.07) is 7.23. The number of nitrogen functional groups attached to an aromatic ring is 1. The van der Waals surface area contributed by atoms with Crippen LogP contribution < -0.4 is 5.73 Å². The average Bonchev–Trinajstić information content (AvgIpc) is 2.63. The van der Waals surface area contributed by atoms with Crippen LogP contribution in [0.15, 0.2) is 24.3 Å². The fourth-order valence-corrected chi connectivity index (χ4v) is 1.82. The van der Waals surface area contributed by atoms with E-state index in [1.807, 2.05) is 19.1 Å². The number of rotatable bonds is 2. The Labute approximate surface area is 104 Å². The van der Waals surface area contributed by atoms with Crippen LogP contribution in [-0.4, -0.2) is 9.78 Å². The van der Waals surface area contributed by atoms with Gasteiger partial charge in [-0.1, -0.05) is 30.1 Å². The molecule has 0 atom stereocenters. The first-order chi connectivity index (χ1) is 7.61. The molecule has 0 fully saturated rings. The van der Waals surface area contributed by atoms with Gasteiger partial charge in [0.15, 0.2) is 0 Å². The molecule has 0 saturated carbocycles. The highest BCUT2D eigenvalue weighted by molar-refractivity contribution is 6.42. The molecule has 0 radical (unpaired) electrons. The molecule has 84 valence electrons. The lowest BCUT2D eigenvalue weighted by atomic mass is 10.3. The molecule has 2 rings (SSSR count). The van der Waals surface area contributed by atoms with E-state index in [0.717, 1.165) is 17.8 Å². The van der Waals surface area contributed by atoms with Crippen molar-refractivity contribution in [3.8, 4) is 5.69 Å². The lowest BCUT2D eigenvalue weighted by molar-refractivity contribution is 0.817. The lowest BCUT2D eigenvalue weighted by Gasteiger charge is -2.06. The summed E-state index contributed by atoms with van der Waals surface area (Å²) in [5, 5.41) is 5.26. The Morgan fingerprint density at radius 1 is 1.25 bits per heavy atom. The number of anilines is 1. The maximum Gasteiger partial charge on any atom is 0.146 e. The van der Waals surface area contributed by atoms with Gasteiger partial charge < -0.3 is 5.73 Å². The van der Waals surface area contributed by atoms with E-state index in [9.17, 15) is 0 Å². The zero-order valence-electron chi connectivity index (χ0n) is 8.74. The molecule has 2 aromatic rings. The van der Waals surface area contributed by atoms with E-state index in [4.69, 9.17) is 28.9 Å². The van der Waals surface area contributed by atoms with E-state index in [1.165, 1.54) is 0 Å². The van der Waals surface area contributed by atoms with Crippen molar-refractivity contribution in [3.63, 3.8) is 0 Å². The van der Waals surface area contributed by atoms with Crippen molar-refractivity contribution in [3.05, 3.63) is 40.0 Å². The fraction of sp³-hybridized carbons (Fsp3) is 0.182. The van der Waals surface area contributed by atoms with Gasteiger partial charge in [-0.05, 0) is 24.6 Å². The summed E-state index contributed by atoms with van der Waals surface area (Å²) in [4.78, 5) is 0. The molecule has 5 heteroatoms. The summed E-state index contributed by atoms with van der Waals surface area (Å²) in [6.45, 7) is 2.05. The van der Waals surface area contributed by atoms with Crippen LogP contribution in [-0.2, 0) is 6.42 Å². The van der Waals surface area contributed by atoms with Crippen LogP contribution in [0.4, 0.5) is 5.82 Å². The third-order valence-electron chi connectivity index (χ3n) is 2.31. The van der Waals surface area contributed by atoms with Gasteiger partial charge in [-0.2, -0.15) is 5.10 Å². The third-order valence-corrected chi connectivity index (χ3v) is 3.05. The van der Waals surface area contributed by atoms with E-state index in [1.54, 1.807) is 16.8 Å². The first-order valence-electron chi connectivity index (χ1n) is 4.91. The van der Waals surface area contributed by atoms with Crippen molar-refractivity contribution < 1.29 is 0 Å². The van der Waals surface area contributed by atoms with Gasteiger partial charge in [-0.3, -0.25) is 0 Å². The Morgan fingerprint density at radius 3 is 2.62 bits per heavy atom. The number of hydrogen-bond donors (Lipinski definition) is 1. The highest BCUT2D eigenvalue weighted by Gasteiger charge is 2.07. The summed E-state index contributed by atoms with van der Waals surface area (Å²) >= 11 is 11.8. The molecule has 0 aliphatic heterocycles. The molecular formula is C11H11Cl2N3. The molecule has 1 heterocycles. The second-order valence-corrected chi connectivity index (χ2v) is 4.24. The molecule has 16 heavy (non-hydrogen) atoms. The molecule has 3 nitrogen and oxygen atoms in total. The SMILES string of the molecule is CCc1cc(N)nn1-c1ccc(Cl)c(Cl)c1. The maximum atomic E-state index is 5.96. The first kappa shape index (κ1) is 11.3. The Morgan fingerprint density at radius 2 is 2.00 bits per heavy atom. The normalized spacial score (nSPS) is 10.7. The van der Waals surface area contributed by atoms with E-state index in [0.29, 0.717) is 15.9 Å². The van der Waals surface area contributed by atoms with Gasteiger partial charge in [0.1, 0.15) is 5.82 Å². The molecule has 1 aromatic carbocycles. The Kier molecular flexibility index (Phi) is 3.08. The van der Waals surface area contributed by atoms with E-state index >= 15 is 0 Å². The highest BCUT2D eigenvalue weighted by atomic mass is 35.5. The number of benzene rings is 1. The maximum absolute atomic E-state index is 5.96. The predicted octanol–water partition coefficient (Wildman–Crippen LogP) is 3.32. The van der Waals surface area contributed by atoms with Crippen LogP contribution in [0.25, 0.3) is 5.69 Å². The fourth-order valence-electron chi connectivity index (χ4n) is 1.53. The molecule has 0 aliphatic carbocycles. The van der Waals surface area contributed by atoms with Crippen LogP contribution in [0.1, 0.15) is 12.6 Å². The van der Waals surface area contributed by atoms with Gasteiger partial charge in [-0.15, -0.1) is 0 Å². The summed E-state index contributed by atoms with van der Waals surface area (Å²) < 4.78 is 1.78. The number of nitrogens with zero attached hydrogens (tertiary/aromatic N) is 2. The van der Waals surface area contributed by atoms with E-state index in [2.05, 4.69) is 5.10 Å². The van der Waals surface area contributed by atoms with Gasteiger partial charge in [0.2, 0.25) is 0 Å². The van der Waals surface area contributed by atoms with Gasteiger partial charge >= 0.3 is 0 Å². The third kappa shape index (κ3) is 2.01. The van der Waals surface area contributed by atoms with Crippen molar-refractivity contribution in [2.75, 3.05) is 5.73 Å². The van der Waals surface area contributed by atoms with Crippen LogP contribution >= 0.6 is 23.2 Å². The van der Waals surface area contributed by atoms with Gasteiger partial charge in [-0.25, -0.2) is 4.68 Å². The zero-order valence-corrected chi connectivity index (χ0v) is 10.3. The molecule has 0 bridgehead atoms. The van der Waals surface area contributed by atoms with E-state index in [-0.39, 0.29) is 0 Å². The van der Waals surface area contributed by atoms with Crippen molar-refractivity contribution in [2.45, 2.75) is 13.3 Å². The lowest BCUT2D eigenvalue weighted by Crippen LogP contribution is -2.01. The Bertz CT molecular complexity index is 520. The smallest absolute Gasteiger partial charge is 0.146 e. The van der Waals surface area contributed by atoms with Crippen LogP contribution in [0.3, 0.4) is 0 Å². The summed E-state index contributed by atoms with van der Waals surface area (Å²) in [5.74, 6) is 0.503. The molecule has 0 amide bonds. The quantitative estimate of drug-likeness (QED) is 0.895. The molecule has 2 N–H and O–H groups in total. The molecule has 1 aromatic heterocycles. The molecule has 0 aliphatic rings. The second kappa shape index (κ2) is 4.36. The van der Waals surface area contributed by atoms with Crippen molar-refractivity contribution in [2.24, 2.45) is 0 Å². The van der Waals surface area contributed by atoms with Gasteiger partial charge in [0, 0.05) is 11.8 Å². The van der Waals surface area contributed by atoms with Gasteiger partial charge in [0.05, 0.1) is 15.7 Å². The van der Waals surface area contributed by atoms with Crippen molar-refractivity contribution >= 4 is 29.0 Å². The molecule has 0 unspecified atom stereocenters. The molecular weight excluding hydrogens is 245 g/mol. The standard InChI is InChI=1S/C11H11Cl2N3/c1-2-7-6-11(14)15-16(7)8-3-4-9(12)10(13)5-8/h3-6H,2H2,1H3,(H2,14,15). The minimum absolute atomic E-state index is 0.503. The average molecular weight is 256 g/mol. The van der Waals surface area contributed by atoms with Crippen LogP contribution in [0, 0.1) is 0 Å². The van der Waals surface area contributed by atoms with Crippen molar-refractivity contribution in [1.29, 1.82) is 0 Å². The first-order valence-corrected chi connectivity index (χ1v) is 5.67. The molecule has 0 saturated heterocycles. The van der Waals surface area contributed by atoms with Crippen LogP contribution in [0.5, 0.6) is 0 Å². The predicted molar refractivity (Wildman–Crippen MR) is 67.4 cm³/mol.